The topological polar surface area (TPSA) is 98.2 Å². The molecule has 2 atom stereocenters. The van der Waals surface area contributed by atoms with E-state index in [1.807, 2.05) is 13.8 Å². The Morgan fingerprint density at radius 3 is 2.68 bits per heavy atom. The van der Waals surface area contributed by atoms with E-state index >= 15 is 0 Å². The van der Waals surface area contributed by atoms with E-state index in [0.29, 0.717) is 9.92 Å². The third-order valence-electron chi connectivity index (χ3n) is 3.03. The average molecular weight is 306 g/mol. The zero-order valence-electron chi connectivity index (χ0n) is 11.0. The zero-order chi connectivity index (χ0) is 14.6. The third-order valence-corrected chi connectivity index (χ3v) is 4.86. The molecule has 0 aromatic heterocycles. The van der Waals surface area contributed by atoms with E-state index in [1.165, 1.54) is 6.07 Å². The van der Waals surface area contributed by atoms with Crippen molar-refractivity contribution in [3.63, 3.8) is 0 Å². The molecular formula is C12H20ClN3O2S. The second-order valence-electron chi connectivity index (χ2n) is 4.53. The van der Waals surface area contributed by atoms with Crippen LogP contribution in [-0.2, 0) is 15.1 Å². The van der Waals surface area contributed by atoms with Crippen LogP contribution in [0, 0.1) is 5.92 Å². The number of carbonyl (C=O) groups is 1. The molecule has 0 saturated heterocycles. The lowest BCUT2D eigenvalue weighted by atomic mass is 10.00. The summed E-state index contributed by atoms with van der Waals surface area (Å²) in [5, 5.41) is 6.10. The van der Waals surface area contributed by atoms with E-state index in [1.54, 1.807) is 18.2 Å². The minimum Gasteiger partial charge on any atom is -0.320 e. The number of carbonyl (C=O) groups excluding carboxylic acids is 1. The van der Waals surface area contributed by atoms with Crippen molar-refractivity contribution in [2.75, 3.05) is 0 Å². The van der Waals surface area contributed by atoms with Gasteiger partial charge in [-0.25, -0.2) is 4.21 Å². The maximum absolute atomic E-state index is 12.3. The van der Waals surface area contributed by atoms with Gasteiger partial charge in [-0.1, -0.05) is 37.9 Å². The van der Waals surface area contributed by atoms with Crippen molar-refractivity contribution in [2.45, 2.75) is 31.2 Å². The molecule has 1 rings (SSSR count). The highest BCUT2D eigenvalue weighted by Crippen LogP contribution is 2.17. The van der Waals surface area contributed by atoms with Crippen molar-refractivity contribution in [2.24, 2.45) is 16.8 Å². The number of hydrogen-bond acceptors (Lipinski definition) is 3. The van der Waals surface area contributed by atoms with Gasteiger partial charge in [0.15, 0.2) is 0 Å². The Morgan fingerprint density at radius 2 is 2.16 bits per heavy atom. The van der Waals surface area contributed by atoms with Gasteiger partial charge in [-0.3, -0.25) is 14.7 Å². The molecule has 108 valence electrons. The maximum Gasteiger partial charge on any atom is 0.248 e. The van der Waals surface area contributed by atoms with Crippen molar-refractivity contribution in [3.8, 4) is 0 Å². The van der Waals surface area contributed by atoms with Crippen LogP contribution in [-0.4, -0.2) is 16.2 Å². The van der Waals surface area contributed by atoms with Crippen molar-refractivity contribution < 1.29 is 9.00 Å². The number of halogens is 1. The van der Waals surface area contributed by atoms with Gasteiger partial charge in [0, 0.05) is 20.2 Å². The van der Waals surface area contributed by atoms with Crippen LogP contribution in [0.15, 0.2) is 29.2 Å². The number of nitrogens with two attached hydrogens (primary N) is 2. The normalized spacial score (nSPS) is 15.6. The molecule has 0 unspecified atom stereocenters. The molecule has 5 nitrogen and oxygen atoms in total. The molecule has 1 aromatic carbocycles. The van der Waals surface area contributed by atoms with Crippen LogP contribution in [0.25, 0.3) is 0 Å². The number of amides is 1. The molecule has 5 N–H and O–H groups in total. The second kappa shape index (κ2) is 6.47. The van der Waals surface area contributed by atoms with Gasteiger partial charge >= 0.3 is 0 Å². The Morgan fingerprint density at radius 1 is 1.53 bits per heavy atom. The van der Waals surface area contributed by atoms with Crippen LogP contribution in [0.1, 0.15) is 20.3 Å². The predicted octanol–water partition coefficient (Wildman–Crippen LogP) is 0.994. The van der Waals surface area contributed by atoms with Gasteiger partial charge < -0.3 is 5.73 Å². The largest absolute Gasteiger partial charge is 0.320 e. The van der Waals surface area contributed by atoms with E-state index < -0.39 is 22.3 Å². The number of hydrogen-bond donors (Lipinski definition) is 4. The lowest BCUT2D eigenvalue weighted by Gasteiger charge is -2.25. The van der Waals surface area contributed by atoms with Gasteiger partial charge in [-0.05, 0) is 24.1 Å². The summed E-state index contributed by atoms with van der Waals surface area (Å²) < 4.78 is 14.7. The second-order valence-corrected chi connectivity index (χ2v) is 7.02. The lowest BCUT2D eigenvalue weighted by Crippen LogP contribution is -2.51. The summed E-state index contributed by atoms with van der Waals surface area (Å²) in [4.78, 5) is 12.2. The molecule has 0 radical (unpaired) electrons. The molecule has 0 aliphatic carbocycles. The Kier molecular flexibility index (Phi) is 5.49. The van der Waals surface area contributed by atoms with Gasteiger partial charge in [0.05, 0.1) is 6.04 Å². The smallest absolute Gasteiger partial charge is 0.248 e. The zero-order valence-corrected chi connectivity index (χ0v) is 12.6. The van der Waals surface area contributed by atoms with Crippen molar-refractivity contribution in [3.05, 3.63) is 29.3 Å². The van der Waals surface area contributed by atoms with Gasteiger partial charge in [-0.15, -0.1) is 0 Å². The minimum atomic E-state index is -3.50. The highest BCUT2D eigenvalue weighted by Gasteiger charge is 2.23. The fourth-order valence-corrected chi connectivity index (χ4v) is 3.01. The predicted molar refractivity (Wildman–Crippen MR) is 79.0 cm³/mol. The minimum absolute atomic E-state index is 0.0145. The van der Waals surface area contributed by atoms with Crippen LogP contribution in [0.3, 0.4) is 0 Å². The quantitative estimate of drug-likeness (QED) is 0.611. The summed E-state index contributed by atoms with van der Waals surface area (Å²) in [6.07, 6.45) is 0.751. The van der Waals surface area contributed by atoms with E-state index in [-0.39, 0.29) is 5.92 Å². The van der Waals surface area contributed by atoms with E-state index in [4.69, 9.17) is 22.5 Å². The highest BCUT2D eigenvalue weighted by molar-refractivity contribution is 7.99. The number of rotatable bonds is 5. The molecular weight excluding hydrogens is 286 g/mol. The fraction of sp³-hybridized carbons (Fsp3) is 0.417. The monoisotopic (exact) mass is 305 g/mol. The Balaban J connectivity index is 2.86. The maximum atomic E-state index is 12.3. The molecule has 0 bridgehead atoms. The van der Waals surface area contributed by atoms with Gasteiger partial charge in [0.2, 0.25) is 5.91 Å². The molecule has 0 spiro atoms. The van der Waals surface area contributed by atoms with Crippen LogP contribution in [0.5, 0.6) is 0 Å². The van der Waals surface area contributed by atoms with Crippen molar-refractivity contribution >= 4 is 27.8 Å². The average Bonchev–Trinajstić information content (AvgIpc) is 2.36. The summed E-state index contributed by atoms with van der Waals surface area (Å²) in [6.45, 7) is 3.78. The van der Waals surface area contributed by atoms with Gasteiger partial charge in [0.25, 0.3) is 0 Å². The summed E-state index contributed by atoms with van der Waals surface area (Å²) in [5.41, 5.74) is 5.77. The number of nitrogens with one attached hydrogen (secondary N) is 1. The van der Waals surface area contributed by atoms with Crippen molar-refractivity contribution in [1.29, 1.82) is 0 Å². The van der Waals surface area contributed by atoms with E-state index in [0.717, 1.165) is 6.42 Å². The summed E-state index contributed by atoms with van der Waals surface area (Å²) in [6, 6.07) is 5.55. The van der Waals surface area contributed by atoms with Gasteiger partial charge in [0.1, 0.15) is 0 Å². The first-order valence-electron chi connectivity index (χ1n) is 6.00. The Hall–Kier alpha value is -0.950. The Labute approximate surface area is 119 Å². The summed E-state index contributed by atoms with van der Waals surface area (Å²) in [5.74, 6) is -0.528. The molecule has 0 saturated carbocycles. The SMILES string of the molecule is CC[C@H](C)[C@H](N)C(=O)N[SH](N)(=O)c1cccc(Cl)c1. The summed E-state index contributed by atoms with van der Waals surface area (Å²) in [7, 11) is -3.50. The number of thiol groups is 1. The van der Waals surface area contributed by atoms with Crippen LogP contribution in [0.2, 0.25) is 5.02 Å². The van der Waals surface area contributed by atoms with Crippen LogP contribution >= 0.6 is 11.6 Å². The van der Waals surface area contributed by atoms with Crippen molar-refractivity contribution in [1.82, 2.24) is 4.72 Å². The molecule has 1 amide bonds. The molecule has 0 heterocycles. The summed E-state index contributed by atoms with van der Waals surface area (Å²) >= 11 is 5.81. The fourth-order valence-electron chi connectivity index (χ4n) is 1.50. The molecule has 0 aliphatic rings. The Bertz CT molecular complexity index is 510. The van der Waals surface area contributed by atoms with E-state index in [9.17, 15) is 9.00 Å². The third kappa shape index (κ3) is 4.28. The molecule has 19 heavy (non-hydrogen) atoms. The first kappa shape index (κ1) is 16.1. The standard InChI is InChI=1S/C12H20ClN3O2S/c1-3-8(2)11(14)12(17)16-19(15,18)10-6-4-5-9(13)7-10/h4-8,11,19H,3,14H2,1-2H3,(H3,15,16,17,18)/t8-,11-/m0/s1. The molecule has 1 aromatic rings. The lowest BCUT2D eigenvalue weighted by molar-refractivity contribution is -0.121. The molecule has 0 aliphatic heterocycles. The van der Waals surface area contributed by atoms with Crippen LogP contribution in [0.4, 0.5) is 0 Å². The first-order valence-corrected chi connectivity index (χ1v) is 8.15. The first-order chi connectivity index (χ1) is 8.77. The van der Waals surface area contributed by atoms with Crippen LogP contribution < -0.4 is 15.6 Å². The van der Waals surface area contributed by atoms with Gasteiger partial charge in [-0.2, -0.15) is 0 Å². The number of benzene rings is 1. The highest BCUT2D eigenvalue weighted by atomic mass is 35.5. The molecule has 0 fully saturated rings. The molecule has 7 heteroatoms. The van der Waals surface area contributed by atoms with E-state index in [2.05, 4.69) is 4.72 Å².